The molecule has 0 amide bonds. The van der Waals surface area contributed by atoms with Crippen LogP contribution in [0.4, 0.5) is 0 Å². The zero-order valence-electron chi connectivity index (χ0n) is 12.7. The monoisotopic (exact) mass is 356 g/mol. The van der Waals surface area contributed by atoms with Gasteiger partial charge in [-0.3, -0.25) is 4.98 Å². The van der Waals surface area contributed by atoms with E-state index in [4.69, 9.17) is 8.83 Å². The van der Waals surface area contributed by atoms with Crippen LogP contribution in [-0.2, 0) is 5.75 Å². The second-order valence-electron chi connectivity index (χ2n) is 4.91. The number of thiazole rings is 1. The Labute approximate surface area is 146 Å². The number of thioether (sulfide) groups is 1. The van der Waals surface area contributed by atoms with Crippen LogP contribution >= 0.6 is 23.1 Å². The summed E-state index contributed by atoms with van der Waals surface area (Å²) in [5.41, 5.74) is 2.67. The summed E-state index contributed by atoms with van der Waals surface area (Å²) in [6, 6.07) is 7.61. The number of furan rings is 1. The molecule has 0 bridgehead atoms. The molecule has 4 aromatic rings. The highest BCUT2D eigenvalue weighted by molar-refractivity contribution is 7.98. The summed E-state index contributed by atoms with van der Waals surface area (Å²) in [5, 5.41) is 11.6. The van der Waals surface area contributed by atoms with E-state index in [0.717, 1.165) is 27.7 Å². The standard InChI is InChI=1S/C16H12N4O2S2/c1-10-12(5-7-21-10)14-19-20-16(22-14)24-9-11-8-23-15(18-11)13-4-2-3-6-17-13/h2-8H,9H2,1H3. The Bertz CT molecular complexity index is 946. The van der Waals surface area contributed by atoms with Crippen LogP contribution in [0.25, 0.3) is 22.2 Å². The van der Waals surface area contributed by atoms with Gasteiger partial charge in [0.2, 0.25) is 0 Å². The van der Waals surface area contributed by atoms with Gasteiger partial charge in [-0.05, 0) is 25.1 Å². The highest BCUT2D eigenvalue weighted by Crippen LogP contribution is 2.29. The van der Waals surface area contributed by atoms with Crippen LogP contribution in [0.3, 0.4) is 0 Å². The molecule has 0 radical (unpaired) electrons. The molecular formula is C16H12N4O2S2. The Morgan fingerprint density at radius 2 is 2.17 bits per heavy atom. The summed E-state index contributed by atoms with van der Waals surface area (Å²) in [5.74, 6) is 1.89. The molecule has 0 aliphatic carbocycles. The minimum Gasteiger partial charge on any atom is -0.469 e. The van der Waals surface area contributed by atoms with E-state index in [9.17, 15) is 0 Å². The molecule has 0 unspecified atom stereocenters. The number of hydrogen-bond donors (Lipinski definition) is 0. The molecule has 0 fully saturated rings. The van der Waals surface area contributed by atoms with E-state index in [1.807, 2.05) is 36.6 Å². The highest BCUT2D eigenvalue weighted by Gasteiger charge is 2.14. The van der Waals surface area contributed by atoms with E-state index in [0.29, 0.717) is 16.9 Å². The Morgan fingerprint density at radius 3 is 2.96 bits per heavy atom. The molecule has 0 aliphatic rings. The van der Waals surface area contributed by atoms with Crippen LogP contribution in [0.15, 0.2) is 56.2 Å². The molecule has 4 heterocycles. The summed E-state index contributed by atoms with van der Waals surface area (Å²) in [4.78, 5) is 8.91. The second-order valence-corrected chi connectivity index (χ2v) is 6.70. The molecule has 0 saturated carbocycles. The highest BCUT2D eigenvalue weighted by atomic mass is 32.2. The molecule has 4 aromatic heterocycles. The first-order valence-corrected chi connectivity index (χ1v) is 9.03. The fourth-order valence-electron chi connectivity index (χ4n) is 2.10. The van der Waals surface area contributed by atoms with Crippen molar-refractivity contribution in [3.63, 3.8) is 0 Å². The van der Waals surface area contributed by atoms with E-state index in [1.165, 1.54) is 11.8 Å². The average molecular weight is 356 g/mol. The average Bonchev–Trinajstić information content (AvgIpc) is 3.34. The van der Waals surface area contributed by atoms with Gasteiger partial charge in [0.05, 0.1) is 23.2 Å². The molecular weight excluding hydrogens is 344 g/mol. The third-order valence-corrected chi connectivity index (χ3v) is 5.04. The fourth-order valence-corrected chi connectivity index (χ4v) is 3.66. The van der Waals surface area contributed by atoms with Crippen molar-refractivity contribution in [1.82, 2.24) is 20.2 Å². The molecule has 0 spiro atoms. The predicted octanol–water partition coefficient (Wildman–Crippen LogP) is 4.45. The maximum atomic E-state index is 5.67. The van der Waals surface area contributed by atoms with E-state index in [-0.39, 0.29) is 0 Å². The van der Waals surface area contributed by atoms with Crippen LogP contribution in [-0.4, -0.2) is 20.2 Å². The van der Waals surface area contributed by atoms with Crippen molar-refractivity contribution in [3.8, 4) is 22.2 Å². The molecule has 120 valence electrons. The lowest BCUT2D eigenvalue weighted by molar-refractivity contribution is 0.463. The van der Waals surface area contributed by atoms with Crippen LogP contribution in [0.1, 0.15) is 11.5 Å². The first-order valence-electron chi connectivity index (χ1n) is 7.16. The zero-order valence-corrected chi connectivity index (χ0v) is 14.3. The van der Waals surface area contributed by atoms with Crippen LogP contribution in [0.5, 0.6) is 0 Å². The van der Waals surface area contributed by atoms with Crippen molar-refractivity contribution >= 4 is 23.1 Å². The molecule has 8 heteroatoms. The Hall–Kier alpha value is -2.45. The molecule has 0 aliphatic heterocycles. The number of nitrogens with zero attached hydrogens (tertiary/aromatic N) is 4. The molecule has 0 saturated heterocycles. The topological polar surface area (TPSA) is 77.8 Å². The van der Waals surface area contributed by atoms with Crippen molar-refractivity contribution in [2.75, 3.05) is 0 Å². The van der Waals surface area contributed by atoms with E-state index in [2.05, 4.69) is 20.2 Å². The summed E-state index contributed by atoms with van der Waals surface area (Å²) >= 11 is 3.04. The fraction of sp³-hybridized carbons (Fsp3) is 0.125. The van der Waals surface area contributed by atoms with Gasteiger partial charge in [0.25, 0.3) is 11.1 Å². The summed E-state index contributed by atoms with van der Waals surface area (Å²) in [6.45, 7) is 1.86. The van der Waals surface area contributed by atoms with Gasteiger partial charge in [-0.15, -0.1) is 21.5 Å². The molecule has 4 rings (SSSR count). The Balaban J connectivity index is 1.44. The maximum Gasteiger partial charge on any atom is 0.277 e. The van der Waals surface area contributed by atoms with Gasteiger partial charge in [-0.25, -0.2) is 4.98 Å². The van der Waals surface area contributed by atoms with Gasteiger partial charge in [0.1, 0.15) is 10.8 Å². The van der Waals surface area contributed by atoms with Gasteiger partial charge in [-0.2, -0.15) is 0 Å². The number of pyridine rings is 1. The van der Waals surface area contributed by atoms with E-state index >= 15 is 0 Å². The predicted molar refractivity (Wildman–Crippen MR) is 91.6 cm³/mol. The van der Waals surface area contributed by atoms with E-state index < -0.39 is 0 Å². The van der Waals surface area contributed by atoms with Gasteiger partial charge < -0.3 is 8.83 Å². The number of aromatic nitrogens is 4. The van der Waals surface area contributed by atoms with Gasteiger partial charge in [-0.1, -0.05) is 17.8 Å². The molecule has 0 aromatic carbocycles. The van der Waals surface area contributed by atoms with Gasteiger partial charge >= 0.3 is 0 Å². The number of hydrogen-bond acceptors (Lipinski definition) is 8. The van der Waals surface area contributed by atoms with Crippen molar-refractivity contribution in [3.05, 3.63) is 53.6 Å². The van der Waals surface area contributed by atoms with Crippen LogP contribution in [0, 0.1) is 6.92 Å². The van der Waals surface area contributed by atoms with Crippen molar-refractivity contribution in [1.29, 1.82) is 0 Å². The largest absolute Gasteiger partial charge is 0.469 e. The Morgan fingerprint density at radius 1 is 1.21 bits per heavy atom. The minimum absolute atomic E-state index is 0.469. The lowest BCUT2D eigenvalue weighted by atomic mass is 10.3. The molecule has 0 N–H and O–H groups in total. The van der Waals surface area contributed by atoms with Gasteiger partial charge in [0.15, 0.2) is 0 Å². The lowest BCUT2D eigenvalue weighted by Crippen LogP contribution is -1.84. The number of aryl methyl sites for hydroxylation is 1. The first kappa shape index (κ1) is 15.1. The normalized spacial score (nSPS) is 11.0. The lowest BCUT2D eigenvalue weighted by Gasteiger charge is -1.94. The molecule has 6 nitrogen and oxygen atoms in total. The second kappa shape index (κ2) is 6.58. The third kappa shape index (κ3) is 3.10. The van der Waals surface area contributed by atoms with E-state index in [1.54, 1.807) is 23.8 Å². The van der Waals surface area contributed by atoms with Crippen molar-refractivity contribution < 1.29 is 8.83 Å². The SMILES string of the molecule is Cc1occc1-c1nnc(SCc2csc(-c3ccccn3)n2)o1. The smallest absolute Gasteiger partial charge is 0.277 e. The van der Waals surface area contributed by atoms with Crippen LogP contribution in [0.2, 0.25) is 0 Å². The third-order valence-electron chi connectivity index (χ3n) is 3.27. The zero-order chi connectivity index (χ0) is 16.4. The van der Waals surface area contributed by atoms with Crippen molar-refractivity contribution in [2.24, 2.45) is 0 Å². The molecule has 0 atom stereocenters. The van der Waals surface area contributed by atoms with Gasteiger partial charge in [0, 0.05) is 17.3 Å². The summed E-state index contributed by atoms with van der Waals surface area (Å²) in [7, 11) is 0. The minimum atomic E-state index is 0.469. The first-order chi connectivity index (χ1) is 11.8. The summed E-state index contributed by atoms with van der Waals surface area (Å²) < 4.78 is 10.9. The van der Waals surface area contributed by atoms with Crippen molar-refractivity contribution in [2.45, 2.75) is 17.9 Å². The quantitative estimate of drug-likeness (QED) is 0.489. The molecule has 24 heavy (non-hydrogen) atoms. The summed E-state index contributed by atoms with van der Waals surface area (Å²) in [6.07, 6.45) is 3.37. The number of rotatable bonds is 5. The Kier molecular flexibility index (Phi) is 4.14. The maximum absolute atomic E-state index is 5.67. The van der Waals surface area contributed by atoms with Crippen LogP contribution < -0.4 is 0 Å².